The number of para-hydroxylation sites is 1. The van der Waals surface area contributed by atoms with Gasteiger partial charge < -0.3 is 19.5 Å². The zero-order valence-corrected chi connectivity index (χ0v) is 17.0. The van der Waals surface area contributed by atoms with Gasteiger partial charge in [0.15, 0.2) is 11.5 Å². The Hall–Kier alpha value is -2.79. The summed E-state index contributed by atoms with van der Waals surface area (Å²) in [6.45, 7) is 7.55. The predicted octanol–water partition coefficient (Wildman–Crippen LogP) is 3.22. The number of hydrogen-bond acceptors (Lipinski definition) is 4. The van der Waals surface area contributed by atoms with Gasteiger partial charge in [-0.3, -0.25) is 4.79 Å². The molecule has 5 nitrogen and oxygen atoms in total. The summed E-state index contributed by atoms with van der Waals surface area (Å²) in [6.07, 6.45) is 4.17. The molecular weight excluding hydrogens is 366 g/mol. The standard InChI is InChI=1S/C24H27NO4/c1-3-28-21-9-5-4-8-17(21)13-22-23(27)18-10-11-20(26)19(24(18)29-22)15-25-12-6-7-16(2)14-25/h4-5,8-11,13,16,26H,3,6-7,12,14-15H2,1-2H3/p+1/b22-13-/t16-/m1/s1. The second kappa shape index (κ2) is 8.29. The van der Waals surface area contributed by atoms with Crippen LogP contribution in [0.1, 0.15) is 48.2 Å². The fourth-order valence-electron chi connectivity index (χ4n) is 4.30. The van der Waals surface area contributed by atoms with Crippen molar-refractivity contribution in [1.82, 2.24) is 0 Å². The Bertz CT molecular complexity index is 950. The highest BCUT2D eigenvalue weighted by molar-refractivity contribution is 6.15. The molecule has 0 saturated carbocycles. The van der Waals surface area contributed by atoms with Gasteiger partial charge in [-0.25, -0.2) is 0 Å². The minimum Gasteiger partial charge on any atom is -0.507 e. The molecule has 1 saturated heterocycles. The molecule has 29 heavy (non-hydrogen) atoms. The number of quaternary nitrogens is 1. The summed E-state index contributed by atoms with van der Waals surface area (Å²) < 4.78 is 11.7. The van der Waals surface area contributed by atoms with E-state index in [4.69, 9.17) is 9.47 Å². The number of ketones is 1. The molecule has 0 spiro atoms. The Labute approximate surface area is 171 Å². The Morgan fingerprint density at radius 1 is 1.28 bits per heavy atom. The van der Waals surface area contributed by atoms with E-state index in [1.807, 2.05) is 31.2 Å². The molecule has 2 aromatic carbocycles. The van der Waals surface area contributed by atoms with Gasteiger partial charge in [-0.05, 0) is 44.0 Å². The van der Waals surface area contributed by atoms with E-state index in [1.165, 1.54) is 17.7 Å². The Balaban J connectivity index is 1.64. The highest BCUT2D eigenvalue weighted by Gasteiger charge is 2.33. The largest absolute Gasteiger partial charge is 0.507 e. The summed E-state index contributed by atoms with van der Waals surface area (Å²) >= 11 is 0. The molecule has 0 radical (unpaired) electrons. The molecule has 2 aromatic rings. The lowest BCUT2D eigenvalue weighted by Gasteiger charge is -2.28. The number of ether oxygens (including phenoxy) is 2. The molecule has 0 bridgehead atoms. The third kappa shape index (κ3) is 4.01. The summed E-state index contributed by atoms with van der Waals surface area (Å²) in [7, 11) is 0. The van der Waals surface area contributed by atoms with Crippen LogP contribution in [-0.4, -0.2) is 30.6 Å². The molecular formula is C24H28NO4+. The molecule has 0 amide bonds. The highest BCUT2D eigenvalue weighted by Crippen LogP contribution is 2.39. The zero-order chi connectivity index (χ0) is 20.4. The molecule has 2 heterocycles. The highest BCUT2D eigenvalue weighted by atomic mass is 16.5. The first-order chi connectivity index (χ1) is 14.1. The van der Waals surface area contributed by atoms with Crippen LogP contribution in [0.15, 0.2) is 42.2 Å². The molecule has 152 valence electrons. The average Bonchev–Trinajstić information content (AvgIpc) is 3.02. The fourth-order valence-corrected chi connectivity index (χ4v) is 4.30. The van der Waals surface area contributed by atoms with Crippen molar-refractivity contribution >= 4 is 11.9 Å². The van der Waals surface area contributed by atoms with Gasteiger partial charge in [0.2, 0.25) is 5.78 Å². The predicted molar refractivity (Wildman–Crippen MR) is 111 cm³/mol. The van der Waals surface area contributed by atoms with E-state index < -0.39 is 0 Å². The smallest absolute Gasteiger partial charge is 0.231 e. The van der Waals surface area contributed by atoms with E-state index in [0.717, 1.165) is 24.2 Å². The number of fused-ring (bicyclic) bond motifs is 1. The maximum Gasteiger partial charge on any atom is 0.231 e. The van der Waals surface area contributed by atoms with E-state index in [0.29, 0.717) is 36.1 Å². The second-order valence-corrected chi connectivity index (χ2v) is 7.98. The van der Waals surface area contributed by atoms with Crippen molar-refractivity contribution in [2.45, 2.75) is 33.2 Å². The molecule has 0 aromatic heterocycles. The molecule has 0 aliphatic carbocycles. The molecule has 5 heteroatoms. The van der Waals surface area contributed by atoms with Gasteiger partial charge in [0.05, 0.1) is 30.8 Å². The normalized spacial score (nSPS) is 22.4. The third-order valence-corrected chi connectivity index (χ3v) is 5.71. The van der Waals surface area contributed by atoms with Gasteiger partial charge in [-0.2, -0.15) is 0 Å². The van der Waals surface area contributed by atoms with Crippen molar-refractivity contribution in [3.05, 3.63) is 58.8 Å². The number of rotatable bonds is 5. The second-order valence-electron chi connectivity index (χ2n) is 7.98. The minimum absolute atomic E-state index is 0.158. The number of Topliss-reactive ketones (excluding diaryl/α,β-unsaturated/α-hetero) is 1. The molecule has 2 atom stereocenters. The van der Waals surface area contributed by atoms with Crippen molar-refractivity contribution in [2.24, 2.45) is 5.92 Å². The van der Waals surface area contributed by atoms with Gasteiger partial charge in [-0.15, -0.1) is 0 Å². The number of piperidine rings is 1. The van der Waals surface area contributed by atoms with Crippen LogP contribution in [0.4, 0.5) is 0 Å². The van der Waals surface area contributed by atoms with Gasteiger partial charge >= 0.3 is 0 Å². The lowest BCUT2D eigenvalue weighted by Crippen LogP contribution is -3.12. The fraction of sp³-hybridized carbons (Fsp3) is 0.375. The van der Waals surface area contributed by atoms with Crippen molar-refractivity contribution in [1.29, 1.82) is 0 Å². The lowest BCUT2D eigenvalue weighted by molar-refractivity contribution is -0.922. The van der Waals surface area contributed by atoms with Crippen LogP contribution in [-0.2, 0) is 6.54 Å². The minimum atomic E-state index is -0.158. The Kier molecular flexibility index (Phi) is 5.58. The van der Waals surface area contributed by atoms with E-state index in [2.05, 4.69) is 6.92 Å². The van der Waals surface area contributed by atoms with Gasteiger partial charge in [-0.1, -0.05) is 25.1 Å². The lowest BCUT2D eigenvalue weighted by atomic mass is 9.99. The summed E-state index contributed by atoms with van der Waals surface area (Å²) in [5.41, 5.74) is 2.04. The SMILES string of the molecule is CCOc1ccccc1/C=C1\Oc2c(ccc(O)c2C[NH+]2CCC[C@@H](C)C2)C1=O. The number of aromatic hydroxyl groups is 1. The first-order valence-corrected chi connectivity index (χ1v) is 10.4. The maximum atomic E-state index is 13.0. The summed E-state index contributed by atoms with van der Waals surface area (Å²) in [5.74, 6) is 2.19. The third-order valence-electron chi connectivity index (χ3n) is 5.71. The average molecular weight is 394 g/mol. The quantitative estimate of drug-likeness (QED) is 0.765. The first kappa shape index (κ1) is 19.5. The van der Waals surface area contributed by atoms with Gasteiger partial charge in [0, 0.05) is 11.5 Å². The molecule has 1 unspecified atom stereocenters. The van der Waals surface area contributed by atoms with Crippen molar-refractivity contribution in [3.8, 4) is 17.2 Å². The number of carbonyl (C=O) groups excluding carboxylic acids is 1. The van der Waals surface area contributed by atoms with Crippen LogP contribution < -0.4 is 14.4 Å². The van der Waals surface area contributed by atoms with Crippen molar-refractivity contribution < 1.29 is 24.3 Å². The number of allylic oxidation sites excluding steroid dienone is 1. The molecule has 2 N–H and O–H groups in total. The van der Waals surface area contributed by atoms with Crippen LogP contribution in [0.2, 0.25) is 0 Å². The first-order valence-electron chi connectivity index (χ1n) is 10.4. The van der Waals surface area contributed by atoms with E-state index in [1.54, 1.807) is 18.2 Å². The van der Waals surface area contributed by atoms with Crippen LogP contribution in [0, 0.1) is 5.92 Å². The van der Waals surface area contributed by atoms with Crippen LogP contribution in [0.3, 0.4) is 0 Å². The molecule has 4 rings (SSSR count). The van der Waals surface area contributed by atoms with Gasteiger partial charge in [0.25, 0.3) is 0 Å². The van der Waals surface area contributed by atoms with Crippen LogP contribution in [0.25, 0.3) is 6.08 Å². The van der Waals surface area contributed by atoms with Gasteiger partial charge in [0.1, 0.15) is 18.0 Å². The topological polar surface area (TPSA) is 60.2 Å². The number of benzene rings is 2. The molecule has 1 fully saturated rings. The summed E-state index contributed by atoms with van der Waals surface area (Å²) in [4.78, 5) is 14.4. The molecule has 2 aliphatic rings. The van der Waals surface area contributed by atoms with Crippen LogP contribution >= 0.6 is 0 Å². The number of carbonyl (C=O) groups is 1. The Morgan fingerprint density at radius 3 is 2.90 bits per heavy atom. The molecule has 2 aliphatic heterocycles. The zero-order valence-electron chi connectivity index (χ0n) is 17.0. The number of phenolic OH excluding ortho intramolecular Hbond substituents is 1. The number of phenols is 1. The monoisotopic (exact) mass is 394 g/mol. The van der Waals surface area contributed by atoms with Crippen molar-refractivity contribution in [3.63, 3.8) is 0 Å². The van der Waals surface area contributed by atoms with E-state index >= 15 is 0 Å². The van der Waals surface area contributed by atoms with Crippen molar-refractivity contribution in [2.75, 3.05) is 19.7 Å². The van der Waals surface area contributed by atoms with E-state index in [-0.39, 0.29) is 17.3 Å². The van der Waals surface area contributed by atoms with Crippen LogP contribution in [0.5, 0.6) is 17.2 Å². The summed E-state index contributed by atoms with van der Waals surface area (Å²) in [6, 6.07) is 10.8. The number of hydrogen-bond donors (Lipinski definition) is 2. The summed E-state index contributed by atoms with van der Waals surface area (Å²) in [5, 5.41) is 10.5. The van der Waals surface area contributed by atoms with E-state index in [9.17, 15) is 9.90 Å². The number of nitrogens with one attached hydrogen (secondary N) is 1. The number of likely N-dealkylation sites (tertiary alicyclic amines) is 1. The maximum absolute atomic E-state index is 13.0. The Morgan fingerprint density at radius 2 is 2.10 bits per heavy atom.